The third-order valence-electron chi connectivity index (χ3n) is 3.07. The lowest BCUT2D eigenvalue weighted by Crippen LogP contribution is -2.52. The fourth-order valence-corrected chi connectivity index (χ4v) is 2.26. The normalized spacial score (nSPS) is 25.2. The number of hydrogen-bond donors (Lipinski definition) is 1. The van der Waals surface area contributed by atoms with Crippen molar-refractivity contribution >= 4 is 5.69 Å². The van der Waals surface area contributed by atoms with Crippen molar-refractivity contribution in [2.75, 3.05) is 18.0 Å². The zero-order valence-corrected chi connectivity index (χ0v) is 9.61. The lowest BCUT2D eigenvalue weighted by Gasteiger charge is -2.39. The van der Waals surface area contributed by atoms with Gasteiger partial charge in [-0.05, 0) is 38.0 Å². The molecule has 1 atom stereocenters. The first-order valence-corrected chi connectivity index (χ1v) is 5.65. The summed E-state index contributed by atoms with van der Waals surface area (Å²) in [6.45, 7) is 3.98. The molecule has 1 unspecified atom stereocenters. The predicted octanol–water partition coefficient (Wildman–Crippen LogP) is 1.88. The number of nitrogens with two attached hydrogens (primary N) is 1. The molecule has 2 rings (SSSR count). The number of anilines is 1. The van der Waals surface area contributed by atoms with Crippen LogP contribution in [0.5, 0.6) is 0 Å². The number of nitrogens with zero attached hydrogens (tertiary/aromatic N) is 2. The zero-order valence-electron chi connectivity index (χ0n) is 9.61. The topological polar surface area (TPSA) is 53.0 Å². The van der Waals surface area contributed by atoms with E-state index < -0.39 is 0 Å². The molecule has 1 aliphatic rings. The van der Waals surface area contributed by atoms with Gasteiger partial charge in [0.15, 0.2) is 0 Å². The first-order valence-electron chi connectivity index (χ1n) is 5.65. The first kappa shape index (κ1) is 11.0. The van der Waals surface area contributed by atoms with E-state index in [0.29, 0.717) is 5.56 Å². The van der Waals surface area contributed by atoms with Crippen molar-refractivity contribution in [3.63, 3.8) is 0 Å². The van der Waals surface area contributed by atoms with Crippen LogP contribution in [0.25, 0.3) is 0 Å². The number of piperidine rings is 1. The van der Waals surface area contributed by atoms with Crippen LogP contribution in [-0.2, 0) is 0 Å². The molecule has 16 heavy (non-hydrogen) atoms. The highest BCUT2D eigenvalue weighted by Gasteiger charge is 2.26. The Hall–Kier alpha value is -1.53. The minimum Gasteiger partial charge on any atom is -0.370 e. The summed E-state index contributed by atoms with van der Waals surface area (Å²) in [7, 11) is 0. The second kappa shape index (κ2) is 4.15. The van der Waals surface area contributed by atoms with E-state index in [2.05, 4.69) is 17.9 Å². The van der Waals surface area contributed by atoms with Gasteiger partial charge in [0.1, 0.15) is 0 Å². The van der Waals surface area contributed by atoms with Gasteiger partial charge in [-0.15, -0.1) is 0 Å². The smallest absolute Gasteiger partial charge is 0.0992 e. The molecule has 0 bridgehead atoms. The highest BCUT2D eigenvalue weighted by Crippen LogP contribution is 2.24. The predicted molar refractivity (Wildman–Crippen MR) is 65.2 cm³/mol. The number of nitriles is 1. The molecule has 0 saturated carbocycles. The SMILES string of the molecule is CC1(N)CCCN(c2cccc(C#N)c2)C1. The third-order valence-corrected chi connectivity index (χ3v) is 3.07. The van der Waals surface area contributed by atoms with Crippen LogP contribution >= 0.6 is 0 Å². The van der Waals surface area contributed by atoms with Crippen molar-refractivity contribution in [1.29, 1.82) is 5.26 Å². The molecule has 0 spiro atoms. The van der Waals surface area contributed by atoms with Gasteiger partial charge in [-0.1, -0.05) is 6.07 Å². The summed E-state index contributed by atoms with van der Waals surface area (Å²) in [5.74, 6) is 0. The van der Waals surface area contributed by atoms with Crippen molar-refractivity contribution < 1.29 is 0 Å². The second-order valence-electron chi connectivity index (χ2n) is 4.84. The van der Waals surface area contributed by atoms with Gasteiger partial charge in [0.25, 0.3) is 0 Å². The van der Waals surface area contributed by atoms with Crippen LogP contribution in [-0.4, -0.2) is 18.6 Å². The molecule has 1 aromatic rings. The zero-order chi connectivity index (χ0) is 11.6. The van der Waals surface area contributed by atoms with E-state index in [9.17, 15) is 0 Å². The van der Waals surface area contributed by atoms with Crippen LogP contribution < -0.4 is 10.6 Å². The van der Waals surface area contributed by atoms with Crippen LogP contribution in [0.15, 0.2) is 24.3 Å². The quantitative estimate of drug-likeness (QED) is 0.778. The highest BCUT2D eigenvalue weighted by molar-refractivity contribution is 5.52. The molecule has 0 aliphatic carbocycles. The standard InChI is InChI=1S/C13H17N3/c1-13(15)6-3-7-16(10-13)12-5-2-4-11(8-12)9-14/h2,4-5,8H,3,6-7,10,15H2,1H3. The average Bonchev–Trinajstić information content (AvgIpc) is 2.28. The lowest BCUT2D eigenvalue weighted by atomic mass is 9.92. The summed E-state index contributed by atoms with van der Waals surface area (Å²) in [6.07, 6.45) is 2.19. The van der Waals surface area contributed by atoms with Crippen molar-refractivity contribution in [3.8, 4) is 6.07 Å². The maximum atomic E-state index is 8.87. The van der Waals surface area contributed by atoms with Gasteiger partial charge in [-0.25, -0.2) is 0 Å². The van der Waals surface area contributed by atoms with E-state index in [0.717, 1.165) is 31.6 Å². The summed E-state index contributed by atoms with van der Waals surface area (Å²) >= 11 is 0. The minimum atomic E-state index is -0.110. The van der Waals surface area contributed by atoms with Gasteiger partial charge in [-0.3, -0.25) is 0 Å². The molecule has 0 radical (unpaired) electrons. The molecule has 3 heteroatoms. The number of hydrogen-bond acceptors (Lipinski definition) is 3. The molecular formula is C13H17N3. The maximum Gasteiger partial charge on any atom is 0.0992 e. The van der Waals surface area contributed by atoms with Gasteiger partial charge in [0, 0.05) is 24.3 Å². The molecule has 3 nitrogen and oxygen atoms in total. The van der Waals surface area contributed by atoms with E-state index in [-0.39, 0.29) is 5.54 Å². The largest absolute Gasteiger partial charge is 0.370 e. The van der Waals surface area contributed by atoms with Gasteiger partial charge >= 0.3 is 0 Å². The first-order chi connectivity index (χ1) is 7.61. The number of rotatable bonds is 1. The second-order valence-corrected chi connectivity index (χ2v) is 4.84. The van der Waals surface area contributed by atoms with Crippen molar-refractivity contribution in [3.05, 3.63) is 29.8 Å². The van der Waals surface area contributed by atoms with Crippen LogP contribution in [0.1, 0.15) is 25.3 Å². The molecular weight excluding hydrogens is 198 g/mol. The molecule has 0 aromatic heterocycles. The Bertz CT molecular complexity index is 417. The molecule has 1 heterocycles. The Labute approximate surface area is 96.5 Å². The molecule has 1 saturated heterocycles. The Kier molecular flexibility index (Phi) is 2.84. The Morgan fingerprint density at radius 3 is 3.00 bits per heavy atom. The highest BCUT2D eigenvalue weighted by atomic mass is 15.2. The Morgan fingerprint density at radius 2 is 2.31 bits per heavy atom. The minimum absolute atomic E-state index is 0.110. The summed E-state index contributed by atoms with van der Waals surface area (Å²) < 4.78 is 0. The lowest BCUT2D eigenvalue weighted by molar-refractivity contribution is 0.375. The molecule has 84 valence electrons. The fourth-order valence-electron chi connectivity index (χ4n) is 2.26. The van der Waals surface area contributed by atoms with Gasteiger partial charge in [0.05, 0.1) is 11.6 Å². The maximum absolute atomic E-state index is 8.87. The third kappa shape index (κ3) is 2.34. The molecule has 1 fully saturated rings. The monoisotopic (exact) mass is 215 g/mol. The summed E-state index contributed by atoms with van der Waals surface area (Å²) in [4.78, 5) is 2.27. The molecule has 0 amide bonds. The summed E-state index contributed by atoms with van der Waals surface area (Å²) in [5, 5.41) is 8.87. The molecule has 1 aromatic carbocycles. The van der Waals surface area contributed by atoms with Crippen molar-refractivity contribution in [1.82, 2.24) is 0 Å². The van der Waals surface area contributed by atoms with Crippen LogP contribution in [0.2, 0.25) is 0 Å². The fraction of sp³-hybridized carbons (Fsp3) is 0.462. The van der Waals surface area contributed by atoms with Crippen LogP contribution in [0, 0.1) is 11.3 Å². The van der Waals surface area contributed by atoms with Gasteiger partial charge in [-0.2, -0.15) is 5.26 Å². The average molecular weight is 215 g/mol. The van der Waals surface area contributed by atoms with Gasteiger partial charge < -0.3 is 10.6 Å². The molecule has 2 N–H and O–H groups in total. The van der Waals surface area contributed by atoms with E-state index in [4.69, 9.17) is 11.0 Å². The Morgan fingerprint density at radius 1 is 1.50 bits per heavy atom. The van der Waals surface area contributed by atoms with Crippen molar-refractivity contribution in [2.45, 2.75) is 25.3 Å². The molecule has 1 aliphatic heterocycles. The summed E-state index contributed by atoms with van der Waals surface area (Å²) in [6, 6.07) is 9.90. The Balaban J connectivity index is 2.21. The van der Waals surface area contributed by atoms with E-state index >= 15 is 0 Å². The summed E-state index contributed by atoms with van der Waals surface area (Å²) in [5.41, 5.74) is 7.88. The van der Waals surface area contributed by atoms with Crippen LogP contribution in [0.4, 0.5) is 5.69 Å². The van der Waals surface area contributed by atoms with E-state index in [1.165, 1.54) is 0 Å². The van der Waals surface area contributed by atoms with Crippen molar-refractivity contribution in [2.24, 2.45) is 5.73 Å². The van der Waals surface area contributed by atoms with E-state index in [1.54, 1.807) is 0 Å². The van der Waals surface area contributed by atoms with Crippen LogP contribution in [0.3, 0.4) is 0 Å². The van der Waals surface area contributed by atoms with Gasteiger partial charge in [0.2, 0.25) is 0 Å². The van der Waals surface area contributed by atoms with E-state index in [1.807, 2.05) is 24.3 Å². The number of benzene rings is 1.